The van der Waals surface area contributed by atoms with E-state index in [2.05, 4.69) is 26.6 Å². The predicted octanol–water partition coefficient (Wildman–Crippen LogP) is 3.14. The van der Waals surface area contributed by atoms with E-state index in [9.17, 15) is 0 Å². The van der Waals surface area contributed by atoms with Crippen LogP contribution < -0.4 is 5.32 Å². The van der Waals surface area contributed by atoms with Crippen molar-refractivity contribution in [1.29, 1.82) is 0 Å². The van der Waals surface area contributed by atoms with Crippen LogP contribution in [0.25, 0.3) is 10.2 Å². The van der Waals surface area contributed by atoms with E-state index in [0.717, 1.165) is 21.7 Å². The van der Waals surface area contributed by atoms with E-state index < -0.39 is 0 Å². The normalized spacial score (nSPS) is 18.7. The predicted molar refractivity (Wildman–Crippen MR) is 70.4 cm³/mol. The summed E-state index contributed by atoms with van der Waals surface area (Å²) in [6.45, 7) is 4.30. The van der Waals surface area contributed by atoms with Gasteiger partial charge in [-0.05, 0) is 38.2 Å². The zero-order valence-corrected chi connectivity index (χ0v) is 11.0. The number of aromatic nitrogens is 3. The van der Waals surface area contributed by atoms with Gasteiger partial charge in [-0.15, -0.1) is 0 Å². The molecule has 0 radical (unpaired) electrons. The van der Waals surface area contributed by atoms with Crippen molar-refractivity contribution in [2.75, 3.05) is 5.32 Å². The maximum absolute atomic E-state index is 4.39. The van der Waals surface area contributed by atoms with Gasteiger partial charge in [0.05, 0.1) is 11.1 Å². The second kappa shape index (κ2) is 3.91. The van der Waals surface area contributed by atoms with E-state index >= 15 is 0 Å². The van der Waals surface area contributed by atoms with E-state index in [1.807, 2.05) is 6.92 Å². The van der Waals surface area contributed by atoms with Crippen molar-refractivity contribution in [3.8, 4) is 0 Å². The third kappa shape index (κ3) is 1.88. The fraction of sp³-hybridized carbons (Fsp3) is 0.583. The smallest absolute Gasteiger partial charge is 0.149 e. The molecule has 0 saturated heterocycles. The molecule has 5 heteroatoms. The van der Waals surface area contributed by atoms with Gasteiger partial charge in [0.1, 0.15) is 17.0 Å². The lowest BCUT2D eigenvalue weighted by molar-refractivity contribution is 0.531. The molecule has 2 aromatic rings. The molecule has 1 saturated carbocycles. The number of rotatable bonds is 2. The van der Waals surface area contributed by atoms with Crippen molar-refractivity contribution in [3.05, 3.63) is 12.0 Å². The number of hydrogen-bond acceptors (Lipinski definition) is 5. The Morgan fingerprint density at radius 1 is 1.29 bits per heavy atom. The minimum atomic E-state index is 0.190. The van der Waals surface area contributed by atoms with E-state index in [-0.39, 0.29) is 5.54 Å². The van der Waals surface area contributed by atoms with E-state index in [4.69, 9.17) is 0 Å². The molecule has 4 nitrogen and oxygen atoms in total. The summed E-state index contributed by atoms with van der Waals surface area (Å²) in [5.74, 6) is 0.950. The standard InChI is InChI=1S/C12H16N4S/c1-8-9-10(13-7-14-11(9)17-16-8)15-12(2)5-3-4-6-12/h7H,3-6H2,1-2H3,(H,13,14,15). The van der Waals surface area contributed by atoms with Crippen molar-refractivity contribution < 1.29 is 0 Å². The van der Waals surface area contributed by atoms with Crippen LogP contribution in [0.1, 0.15) is 38.3 Å². The summed E-state index contributed by atoms with van der Waals surface area (Å²) >= 11 is 1.44. The molecule has 2 heterocycles. The molecule has 0 amide bonds. The molecule has 1 N–H and O–H groups in total. The number of anilines is 1. The summed E-state index contributed by atoms with van der Waals surface area (Å²) in [7, 11) is 0. The minimum absolute atomic E-state index is 0.190. The molecular formula is C12H16N4S. The second-order valence-corrected chi connectivity index (χ2v) is 5.82. The monoisotopic (exact) mass is 248 g/mol. The molecule has 2 aromatic heterocycles. The average molecular weight is 248 g/mol. The van der Waals surface area contributed by atoms with Gasteiger partial charge in [-0.3, -0.25) is 0 Å². The molecule has 17 heavy (non-hydrogen) atoms. The topological polar surface area (TPSA) is 50.7 Å². The van der Waals surface area contributed by atoms with Crippen LogP contribution in [0.3, 0.4) is 0 Å². The first-order chi connectivity index (χ1) is 8.18. The maximum atomic E-state index is 4.39. The lowest BCUT2D eigenvalue weighted by Gasteiger charge is -2.26. The molecule has 1 fully saturated rings. The highest BCUT2D eigenvalue weighted by Gasteiger charge is 2.29. The van der Waals surface area contributed by atoms with Crippen LogP contribution in [0.5, 0.6) is 0 Å². The highest BCUT2D eigenvalue weighted by atomic mass is 32.1. The lowest BCUT2D eigenvalue weighted by atomic mass is 10.0. The quantitative estimate of drug-likeness (QED) is 0.887. The van der Waals surface area contributed by atoms with Gasteiger partial charge in [0.2, 0.25) is 0 Å². The number of nitrogens with one attached hydrogen (secondary N) is 1. The van der Waals surface area contributed by atoms with Crippen LogP contribution in [-0.4, -0.2) is 19.9 Å². The summed E-state index contributed by atoms with van der Waals surface area (Å²) in [6, 6.07) is 0. The molecule has 0 aromatic carbocycles. The molecule has 3 rings (SSSR count). The van der Waals surface area contributed by atoms with Gasteiger partial charge in [-0.25, -0.2) is 9.97 Å². The molecule has 0 aliphatic heterocycles. The van der Waals surface area contributed by atoms with Crippen LogP contribution in [0.15, 0.2) is 6.33 Å². The Morgan fingerprint density at radius 2 is 2.06 bits per heavy atom. The Morgan fingerprint density at radius 3 is 2.82 bits per heavy atom. The van der Waals surface area contributed by atoms with E-state index in [1.54, 1.807) is 6.33 Å². The summed E-state index contributed by atoms with van der Waals surface area (Å²) < 4.78 is 4.35. The van der Waals surface area contributed by atoms with Gasteiger partial charge in [-0.2, -0.15) is 4.37 Å². The zero-order chi connectivity index (χ0) is 11.9. The highest BCUT2D eigenvalue weighted by Crippen LogP contribution is 2.34. The van der Waals surface area contributed by atoms with Crippen LogP contribution >= 0.6 is 11.5 Å². The van der Waals surface area contributed by atoms with Crippen molar-refractivity contribution >= 4 is 27.6 Å². The summed E-state index contributed by atoms with van der Waals surface area (Å²) in [6.07, 6.45) is 6.67. The van der Waals surface area contributed by atoms with E-state index in [0.29, 0.717) is 0 Å². The van der Waals surface area contributed by atoms with Crippen LogP contribution in [0, 0.1) is 6.92 Å². The maximum Gasteiger partial charge on any atom is 0.149 e. The highest BCUT2D eigenvalue weighted by molar-refractivity contribution is 7.13. The molecule has 0 bridgehead atoms. The molecule has 0 atom stereocenters. The van der Waals surface area contributed by atoms with Crippen molar-refractivity contribution in [3.63, 3.8) is 0 Å². The largest absolute Gasteiger partial charge is 0.364 e. The molecule has 1 aliphatic carbocycles. The fourth-order valence-corrected chi connectivity index (χ4v) is 3.33. The second-order valence-electron chi connectivity index (χ2n) is 5.06. The van der Waals surface area contributed by atoms with Crippen LogP contribution in [0.4, 0.5) is 5.82 Å². The molecule has 0 spiro atoms. The third-order valence-corrected chi connectivity index (χ3v) is 4.42. The van der Waals surface area contributed by atoms with Crippen molar-refractivity contribution in [2.45, 2.75) is 45.1 Å². The Bertz CT molecular complexity index is 542. The van der Waals surface area contributed by atoms with Gasteiger partial charge >= 0.3 is 0 Å². The summed E-state index contributed by atoms with van der Waals surface area (Å²) in [5, 5.41) is 4.69. The average Bonchev–Trinajstić information content (AvgIpc) is 2.87. The van der Waals surface area contributed by atoms with Gasteiger partial charge in [0.25, 0.3) is 0 Å². The summed E-state index contributed by atoms with van der Waals surface area (Å²) in [4.78, 5) is 9.63. The minimum Gasteiger partial charge on any atom is -0.364 e. The molecule has 90 valence electrons. The Balaban J connectivity index is 2.02. The number of aryl methyl sites for hydroxylation is 1. The summed E-state index contributed by atoms with van der Waals surface area (Å²) in [5.41, 5.74) is 1.21. The lowest BCUT2D eigenvalue weighted by Crippen LogP contribution is -2.31. The van der Waals surface area contributed by atoms with Gasteiger partial charge in [0.15, 0.2) is 0 Å². The van der Waals surface area contributed by atoms with Crippen molar-refractivity contribution in [2.24, 2.45) is 0 Å². The van der Waals surface area contributed by atoms with Crippen LogP contribution in [0.2, 0.25) is 0 Å². The van der Waals surface area contributed by atoms with Crippen molar-refractivity contribution in [1.82, 2.24) is 14.3 Å². The molecule has 0 unspecified atom stereocenters. The Hall–Kier alpha value is -1.23. The van der Waals surface area contributed by atoms with Gasteiger partial charge < -0.3 is 5.32 Å². The SMILES string of the molecule is Cc1nsc2ncnc(NC3(C)CCCC3)c12. The van der Waals surface area contributed by atoms with E-state index in [1.165, 1.54) is 37.2 Å². The molecule has 1 aliphatic rings. The number of fused-ring (bicyclic) bond motifs is 1. The van der Waals surface area contributed by atoms with Crippen LogP contribution in [-0.2, 0) is 0 Å². The number of hydrogen-bond donors (Lipinski definition) is 1. The fourth-order valence-electron chi connectivity index (χ4n) is 2.58. The van der Waals surface area contributed by atoms with Gasteiger partial charge in [-0.1, -0.05) is 12.8 Å². The first kappa shape index (κ1) is 10.9. The first-order valence-electron chi connectivity index (χ1n) is 6.03. The third-order valence-electron chi connectivity index (χ3n) is 3.57. The Kier molecular flexibility index (Phi) is 2.50. The van der Waals surface area contributed by atoms with Gasteiger partial charge in [0, 0.05) is 5.54 Å². The Labute approximate surface area is 105 Å². The zero-order valence-electron chi connectivity index (χ0n) is 10.2. The first-order valence-corrected chi connectivity index (χ1v) is 6.80. The number of nitrogens with zero attached hydrogens (tertiary/aromatic N) is 3. The molecular weight excluding hydrogens is 232 g/mol.